The van der Waals surface area contributed by atoms with Gasteiger partial charge in [0.05, 0.1) is 0 Å². The first-order chi connectivity index (χ1) is 6.77. The van der Waals surface area contributed by atoms with Crippen LogP contribution in [0.3, 0.4) is 0 Å². The summed E-state index contributed by atoms with van der Waals surface area (Å²) in [5.74, 6) is 0. The van der Waals surface area contributed by atoms with Gasteiger partial charge < -0.3 is 0 Å². The fourth-order valence-corrected chi connectivity index (χ4v) is 2.34. The van der Waals surface area contributed by atoms with Crippen LogP contribution in [-0.2, 0) is 0 Å². The molecule has 0 radical (unpaired) electrons. The van der Waals surface area contributed by atoms with Gasteiger partial charge in [-0.3, -0.25) is 0 Å². The van der Waals surface area contributed by atoms with Crippen molar-refractivity contribution in [3.05, 3.63) is 0 Å². The molecule has 0 fully saturated rings. The van der Waals surface area contributed by atoms with E-state index >= 15 is 0 Å². The maximum Gasteiger partial charge on any atom is 0.0189 e. The maximum atomic E-state index is 4.44. The first-order valence-electron chi connectivity index (χ1n) is 6.45. The van der Waals surface area contributed by atoms with Crippen LogP contribution in [0, 0.1) is 0 Å². The van der Waals surface area contributed by atoms with E-state index < -0.39 is 0 Å². The van der Waals surface area contributed by atoms with Crippen molar-refractivity contribution in [2.45, 2.75) is 76.0 Å². The highest BCUT2D eigenvalue weighted by Crippen LogP contribution is 2.11. The van der Waals surface area contributed by atoms with Gasteiger partial charge in [0.2, 0.25) is 0 Å². The maximum absolute atomic E-state index is 4.44. The van der Waals surface area contributed by atoms with Gasteiger partial charge in [-0.1, -0.05) is 64.7 Å². The van der Waals surface area contributed by atoms with Crippen molar-refractivity contribution >= 4 is 22.9 Å². The van der Waals surface area contributed by atoms with Crippen LogP contribution in [0.4, 0.5) is 0 Å². The molecule has 0 spiro atoms. The van der Waals surface area contributed by atoms with Gasteiger partial charge in [0.15, 0.2) is 0 Å². The van der Waals surface area contributed by atoms with Gasteiger partial charge in [0.1, 0.15) is 0 Å². The summed E-state index contributed by atoms with van der Waals surface area (Å²) in [5.41, 5.74) is 0. The van der Waals surface area contributed by atoms with E-state index in [1.807, 2.05) is 0 Å². The van der Waals surface area contributed by atoms with E-state index in [2.05, 4.69) is 19.6 Å². The molecule has 0 N–H and O–H groups in total. The van der Waals surface area contributed by atoms with Crippen molar-refractivity contribution in [1.82, 2.24) is 0 Å². The average molecular weight is 233 g/mol. The van der Waals surface area contributed by atoms with E-state index in [0.717, 1.165) is 4.87 Å². The fourth-order valence-electron chi connectivity index (χ4n) is 1.75. The quantitative estimate of drug-likeness (QED) is 0.332. The van der Waals surface area contributed by atoms with Gasteiger partial charge in [0, 0.05) is 10.2 Å². The second kappa shape index (κ2) is 11.6. The van der Waals surface area contributed by atoms with Gasteiger partial charge >= 0.3 is 0 Å². The Morgan fingerprint density at radius 1 is 0.857 bits per heavy atom. The van der Waals surface area contributed by atoms with Gasteiger partial charge in [-0.05, 0) is 11.3 Å². The molecular weight excluding hydrogens is 204 g/mol. The Balaban J connectivity index is 2.85. The van der Waals surface area contributed by atoms with E-state index in [4.69, 9.17) is 0 Å². The molecule has 0 amide bonds. The van der Waals surface area contributed by atoms with Crippen LogP contribution in [0.25, 0.3) is 0 Å². The van der Waals surface area contributed by atoms with E-state index in [-0.39, 0.29) is 0 Å². The predicted octanol–water partition coefficient (Wildman–Crippen LogP) is 3.53. The highest BCUT2D eigenvalue weighted by Gasteiger charge is 1.95. The second-order valence-corrected chi connectivity index (χ2v) is 7.71. The van der Waals surface area contributed by atoms with E-state index in [1.165, 1.54) is 74.5 Å². The molecule has 0 aromatic heterocycles. The minimum Gasteiger partial charge on any atom is -0.180 e. The molecule has 0 saturated heterocycles. The Hall–Kier alpha value is 0.567. The largest absolute Gasteiger partial charge is 0.180 e. The zero-order chi connectivity index (χ0) is 10.6. The molecule has 0 aromatic carbocycles. The number of rotatable bonds is 10. The molecule has 0 rings (SSSR count). The lowest BCUT2D eigenvalue weighted by atomic mass is 10.1. The van der Waals surface area contributed by atoms with Gasteiger partial charge in [-0.25, -0.2) is 0 Å². The fraction of sp³-hybridized carbons (Fsp3) is 1.00. The molecule has 0 nitrogen and oxygen atoms in total. The van der Waals surface area contributed by atoms with Crippen LogP contribution in [0.2, 0.25) is 0 Å². The van der Waals surface area contributed by atoms with Crippen molar-refractivity contribution < 1.29 is 0 Å². The average Bonchev–Trinajstić information content (AvgIpc) is 2.15. The van der Waals surface area contributed by atoms with E-state index in [0.29, 0.717) is 0 Å². The van der Waals surface area contributed by atoms with Crippen LogP contribution in [0.15, 0.2) is 0 Å². The van der Waals surface area contributed by atoms with Gasteiger partial charge in [-0.15, -0.1) is 0 Å². The first kappa shape index (κ1) is 14.6. The molecule has 0 aliphatic carbocycles. The second-order valence-electron chi connectivity index (χ2n) is 4.47. The molecule has 2 heteroatoms. The van der Waals surface area contributed by atoms with Crippen molar-refractivity contribution in [1.29, 1.82) is 0 Å². The first-order valence-corrected chi connectivity index (χ1v) is 8.12. The molecule has 86 valence electrons. The molecule has 14 heavy (non-hydrogen) atoms. The minimum absolute atomic E-state index is 0.736. The summed E-state index contributed by atoms with van der Waals surface area (Å²) in [6.45, 7) is 2.28. The smallest absolute Gasteiger partial charge is 0.0189 e. The van der Waals surface area contributed by atoms with Crippen LogP contribution in [0.1, 0.15) is 71.1 Å². The Morgan fingerprint density at radius 3 is 1.71 bits per heavy atom. The number of hydrogen-bond acceptors (Lipinski definition) is 1. The van der Waals surface area contributed by atoms with Crippen LogP contribution in [-0.4, -0.2) is 15.1 Å². The van der Waals surface area contributed by atoms with Crippen LogP contribution >= 0.6 is 12.6 Å². The summed E-state index contributed by atoms with van der Waals surface area (Å²) >= 11 is 4.44. The molecule has 0 bridgehead atoms. The number of hydrogen-bond donors (Lipinski definition) is 1. The third kappa shape index (κ3) is 12.6. The lowest BCUT2D eigenvalue weighted by Gasteiger charge is -2.03. The molecule has 0 saturated carbocycles. The SMILES string of the molecule is CCCCCCCCCCCC([SiH3])S. The molecule has 1 atom stereocenters. The summed E-state index contributed by atoms with van der Waals surface area (Å²) in [6.07, 6.45) is 14.3. The van der Waals surface area contributed by atoms with Crippen molar-refractivity contribution in [2.24, 2.45) is 0 Å². The summed E-state index contributed by atoms with van der Waals surface area (Å²) in [4.78, 5) is 0.736. The number of thiol groups is 1. The molecular formula is C12H28SSi. The third-order valence-corrected chi connectivity index (χ3v) is 3.56. The summed E-state index contributed by atoms with van der Waals surface area (Å²) in [7, 11) is 1.25. The topological polar surface area (TPSA) is 0 Å². The third-order valence-electron chi connectivity index (χ3n) is 2.73. The lowest BCUT2D eigenvalue weighted by Crippen LogP contribution is -1.95. The summed E-state index contributed by atoms with van der Waals surface area (Å²) in [6, 6.07) is 0. The van der Waals surface area contributed by atoms with Crippen molar-refractivity contribution in [2.75, 3.05) is 0 Å². The predicted molar refractivity (Wildman–Crippen MR) is 74.6 cm³/mol. The van der Waals surface area contributed by atoms with E-state index in [9.17, 15) is 0 Å². The Labute approximate surface area is 99.1 Å². The van der Waals surface area contributed by atoms with E-state index in [1.54, 1.807) is 0 Å². The molecule has 0 aromatic rings. The number of unbranched alkanes of at least 4 members (excludes halogenated alkanes) is 8. The highest BCUT2D eigenvalue weighted by atomic mass is 32.1. The molecule has 0 heterocycles. The van der Waals surface area contributed by atoms with Crippen molar-refractivity contribution in [3.63, 3.8) is 0 Å². The molecule has 1 unspecified atom stereocenters. The van der Waals surface area contributed by atoms with Gasteiger partial charge in [0.25, 0.3) is 0 Å². The van der Waals surface area contributed by atoms with Crippen LogP contribution < -0.4 is 0 Å². The Bertz CT molecular complexity index is 104. The standard InChI is InChI=1S/C12H28SSi/c1-2-3-4-5-6-7-8-9-10-11-12(13)14/h12-13H,2-11H2,1,14H3. The highest BCUT2D eigenvalue weighted by molar-refractivity contribution is 7.82. The Kier molecular flexibility index (Phi) is 12.1. The lowest BCUT2D eigenvalue weighted by molar-refractivity contribution is 0.561. The molecule has 0 aliphatic heterocycles. The monoisotopic (exact) mass is 232 g/mol. The molecule has 0 aliphatic rings. The zero-order valence-corrected chi connectivity index (χ0v) is 13.0. The van der Waals surface area contributed by atoms with Crippen LogP contribution in [0.5, 0.6) is 0 Å². The van der Waals surface area contributed by atoms with Crippen molar-refractivity contribution in [3.8, 4) is 0 Å². The normalized spacial score (nSPS) is 13.3. The zero-order valence-electron chi connectivity index (χ0n) is 10.1. The summed E-state index contributed by atoms with van der Waals surface area (Å²) < 4.78 is 0. The van der Waals surface area contributed by atoms with Gasteiger partial charge in [-0.2, -0.15) is 12.6 Å². The Morgan fingerprint density at radius 2 is 1.29 bits per heavy atom. The minimum atomic E-state index is 0.736. The summed E-state index contributed by atoms with van der Waals surface area (Å²) in [5, 5.41) is 0.